The van der Waals surface area contributed by atoms with Crippen LogP contribution in [-0.4, -0.2) is 28.6 Å². The average Bonchev–Trinajstić information content (AvgIpc) is 2.43. The zero-order chi connectivity index (χ0) is 15.8. The molecule has 3 heteroatoms. The summed E-state index contributed by atoms with van der Waals surface area (Å²) in [5, 5.41) is 0. The molecule has 0 aliphatic rings. The standard InChI is InChI=1S/C18H29NOS/c1-6-16(18(20)19(14(2)3)15(4)5)12-13-21-17-10-8-7-9-11-17/h7-11,14-16H,6,12-13H2,1-5H3. The Kier molecular flexibility index (Phi) is 7.87. The van der Waals surface area contributed by atoms with E-state index in [-0.39, 0.29) is 18.0 Å². The van der Waals surface area contributed by atoms with Crippen LogP contribution in [0.15, 0.2) is 35.2 Å². The van der Waals surface area contributed by atoms with Crippen LogP contribution in [0.1, 0.15) is 47.5 Å². The van der Waals surface area contributed by atoms with Gasteiger partial charge in [-0.15, -0.1) is 11.8 Å². The molecule has 0 aliphatic heterocycles. The monoisotopic (exact) mass is 307 g/mol. The number of carbonyl (C=O) groups excluding carboxylic acids is 1. The predicted octanol–water partition coefficient (Wildman–Crippen LogP) is 4.84. The van der Waals surface area contributed by atoms with E-state index in [1.54, 1.807) is 0 Å². The molecule has 0 fully saturated rings. The van der Waals surface area contributed by atoms with Gasteiger partial charge in [-0.25, -0.2) is 0 Å². The number of thioether (sulfide) groups is 1. The fourth-order valence-corrected chi connectivity index (χ4v) is 3.64. The van der Waals surface area contributed by atoms with Crippen LogP contribution in [0.4, 0.5) is 0 Å². The van der Waals surface area contributed by atoms with Crippen molar-refractivity contribution in [2.24, 2.45) is 5.92 Å². The highest BCUT2D eigenvalue weighted by atomic mass is 32.2. The van der Waals surface area contributed by atoms with E-state index >= 15 is 0 Å². The molecule has 118 valence electrons. The number of hydrogen-bond donors (Lipinski definition) is 0. The number of amides is 1. The summed E-state index contributed by atoms with van der Waals surface area (Å²) in [5.74, 6) is 1.46. The summed E-state index contributed by atoms with van der Waals surface area (Å²) in [6.45, 7) is 10.5. The highest BCUT2D eigenvalue weighted by molar-refractivity contribution is 7.99. The van der Waals surface area contributed by atoms with Gasteiger partial charge in [-0.2, -0.15) is 0 Å². The van der Waals surface area contributed by atoms with Crippen molar-refractivity contribution in [3.63, 3.8) is 0 Å². The minimum atomic E-state index is 0.144. The molecular weight excluding hydrogens is 278 g/mol. The maximum Gasteiger partial charge on any atom is 0.226 e. The van der Waals surface area contributed by atoms with Gasteiger partial charge in [0.2, 0.25) is 5.91 Å². The third kappa shape index (κ3) is 5.74. The molecule has 1 rings (SSSR count). The third-order valence-electron chi connectivity index (χ3n) is 3.69. The lowest BCUT2D eigenvalue weighted by Gasteiger charge is -2.34. The van der Waals surface area contributed by atoms with Gasteiger partial charge in [0, 0.05) is 22.9 Å². The first-order valence-corrected chi connectivity index (χ1v) is 8.95. The smallest absolute Gasteiger partial charge is 0.226 e. The molecule has 1 unspecified atom stereocenters. The van der Waals surface area contributed by atoms with Crippen molar-refractivity contribution in [1.29, 1.82) is 0 Å². The lowest BCUT2D eigenvalue weighted by atomic mass is 10.00. The van der Waals surface area contributed by atoms with Crippen molar-refractivity contribution >= 4 is 17.7 Å². The van der Waals surface area contributed by atoms with Gasteiger partial charge < -0.3 is 4.90 Å². The molecule has 0 saturated heterocycles. The van der Waals surface area contributed by atoms with Gasteiger partial charge in [-0.3, -0.25) is 4.79 Å². The van der Waals surface area contributed by atoms with Gasteiger partial charge in [0.05, 0.1) is 0 Å². The first-order valence-electron chi connectivity index (χ1n) is 7.97. The van der Waals surface area contributed by atoms with Crippen molar-refractivity contribution in [2.45, 2.75) is 64.4 Å². The second-order valence-corrected chi connectivity index (χ2v) is 7.16. The lowest BCUT2D eigenvalue weighted by Crippen LogP contribution is -2.45. The van der Waals surface area contributed by atoms with Gasteiger partial charge in [-0.1, -0.05) is 25.1 Å². The van der Waals surface area contributed by atoms with E-state index in [9.17, 15) is 4.79 Å². The summed E-state index contributed by atoms with van der Waals surface area (Å²) in [5.41, 5.74) is 0. The largest absolute Gasteiger partial charge is 0.338 e. The molecule has 0 radical (unpaired) electrons. The summed E-state index contributed by atoms with van der Waals surface area (Å²) in [6, 6.07) is 10.9. The van der Waals surface area contributed by atoms with Crippen molar-refractivity contribution < 1.29 is 4.79 Å². The zero-order valence-corrected chi connectivity index (χ0v) is 14.8. The summed E-state index contributed by atoms with van der Waals surface area (Å²) in [4.78, 5) is 16.0. The molecule has 0 aromatic heterocycles. The van der Waals surface area contributed by atoms with E-state index in [0.717, 1.165) is 18.6 Å². The number of nitrogens with zero attached hydrogens (tertiary/aromatic N) is 1. The fourth-order valence-electron chi connectivity index (χ4n) is 2.65. The van der Waals surface area contributed by atoms with Crippen molar-refractivity contribution in [1.82, 2.24) is 4.90 Å². The van der Waals surface area contributed by atoms with Crippen molar-refractivity contribution in [2.75, 3.05) is 5.75 Å². The van der Waals surface area contributed by atoms with E-state index < -0.39 is 0 Å². The minimum absolute atomic E-state index is 0.144. The summed E-state index contributed by atoms with van der Waals surface area (Å²) in [7, 11) is 0. The van der Waals surface area contributed by atoms with Crippen molar-refractivity contribution in [3.8, 4) is 0 Å². The van der Waals surface area contributed by atoms with E-state index in [2.05, 4.69) is 58.9 Å². The Labute approximate surface area is 134 Å². The quantitative estimate of drug-likeness (QED) is 0.640. The molecule has 21 heavy (non-hydrogen) atoms. The topological polar surface area (TPSA) is 20.3 Å². The molecule has 0 heterocycles. The highest BCUT2D eigenvalue weighted by Gasteiger charge is 2.26. The fraction of sp³-hybridized carbons (Fsp3) is 0.611. The lowest BCUT2D eigenvalue weighted by molar-refractivity contribution is -0.139. The highest BCUT2D eigenvalue weighted by Crippen LogP contribution is 2.23. The molecule has 0 bridgehead atoms. The maximum atomic E-state index is 12.7. The molecule has 2 nitrogen and oxygen atoms in total. The summed E-state index contributed by atoms with van der Waals surface area (Å²) in [6.07, 6.45) is 1.87. The maximum absolute atomic E-state index is 12.7. The number of benzene rings is 1. The Bertz CT molecular complexity index is 408. The first-order chi connectivity index (χ1) is 9.97. The zero-order valence-electron chi connectivity index (χ0n) is 14.0. The van der Waals surface area contributed by atoms with Crippen LogP contribution in [0, 0.1) is 5.92 Å². The van der Waals surface area contributed by atoms with Crippen LogP contribution >= 0.6 is 11.8 Å². The van der Waals surface area contributed by atoms with Gasteiger partial charge in [-0.05, 0) is 58.4 Å². The van der Waals surface area contributed by atoms with Gasteiger partial charge in [0.1, 0.15) is 0 Å². The Morgan fingerprint density at radius 2 is 1.67 bits per heavy atom. The first kappa shape index (κ1) is 18.1. The normalized spacial score (nSPS) is 12.7. The Balaban J connectivity index is 2.55. The molecule has 0 spiro atoms. The molecule has 0 saturated carbocycles. The Hall–Kier alpha value is -0.960. The van der Waals surface area contributed by atoms with E-state index in [0.29, 0.717) is 5.91 Å². The van der Waals surface area contributed by atoms with E-state index in [1.807, 2.05) is 22.7 Å². The number of rotatable bonds is 8. The molecule has 1 aromatic carbocycles. The Morgan fingerprint density at radius 3 is 2.14 bits per heavy atom. The SMILES string of the molecule is CCC(CCSc1ccccc1)C(=O)N(C(C)C)C(C)C. The van der Waals surface area contributed by atoms with Crippen LogP contribution in [0.25, 0.3) is 0 Å². The van der Waals surface area contributed by atoms with Gasteiger partial charge >= 0.3 is 0 Å². The Morgan fingerprint density at radius 1 is 1.10 bits per heavy atom. The van der Waals surface area contributed by atoms with E-state index in [1.165, 1.54) is 4.90 Å². The van der Waals surface area contributed by atoms with Crippen LogP contribution in [0.5, 0.6) is 0 Å². The van der Waals surface area contributed by atoms with Crippen LogP contribution < -0.4 is 0 Å². The molecule has 1 aromatic rings. The minimum Gasteiger partial charge on any atom is -0.338 e. The predicted molar refractivity (Wildman–Crippen MR) is 92.7 cm³/mol. The average molecular weight is 308 g/mol. The van der Waals surface area contributed by atoms with Gasteiger partial charge in [0.25, 0.3) is 0 Å². The molecular formula is C18H29NOS. The van der Waals surface area contributed by atoms with Crippen LogP contribution in [0.3, 0.4) is 0 Å². The second-order valence-electron chi connectivity index (χ2n) is 5.99. The third-order valence-corrected chi connectivity index (χ3v) is 4.73. The number of carbonyl (C=O) groups is 1. The second kappa shape index (κ2) is 9.14. The molecule has 0 N–H and O–H groups in total. The van der Waals surface area contributed by atoms with Crippen LogP contribution in [-0.2, 0) is 4.79 Å². The molecule has 1 atom stereocenters. The summed E-state index contributed by atoms with van der Waals surface area (Å²) >= 11 is 1.84. The molecule has 1 amide bonds. The molecule has 0 aliphatic carbocycles. The van der Waals surface area contributed by atoms with E-state index in [4.69, 9.17) is 0 Å². The number of hydrogen-bond acceptors (Lipinski definition) is 2. The summed E-state index contributed by atoms with van der Waals surface area (Å²) < 4.78 is 0. The van der Waals surface area contributed by atoms with Crippen molar-refractivity contribution in [3.05, 3.63) is 30.3 Å². The van der Waals surface area contributed by atoms with Crippen LogP contribution in [0.2, 0.25) is 0 Å². The van der Waals surface area contributed by atoms with Gasteiger partial charge in [0.15, 0.2) is 0 Å².